The summed E-state index contributed by atoms with van der Waals surface area (Å²) in [6, 6.07) is 0.528. The van der Waals surface area contributed by atoms with Gasteiger partial charge in [-0.1, -0.05) is 0 Å². The third-order valence-corrected chi connectivity index (χ3v) is 3.19. The van der Waals surface area contributed by atoms with Crippen LogP contribution in [-0.4, -0.2) is 39.0 Å². The molecule has 4 heteroatoms. The van der Waals surface area contributed by atoms with Gasteiger partial charge in [0.25, 0.3) is 0 Å². The van der Waals surface area contributed by atoms with E-state index in [9.17, 15) is 5.11 Å². The van der Waals surface area contributed by atoms with Gasteiger partial charge in [0.1, 0.15) is 0 Å². The number of hydrogen-bond acceptors (Lipinski definition) is 3. The van der Waals surface area contributed by atoms with Crippen LogP contribution in [0.25, 0.3) is 0 Å². The Morgan fingerprint density at radius 2 is 2.40 bits per heavy atom. The van der Waals surface area contributed by atoms with Gasteiger partial charge in [-0.05, 0) is 26.3 Å². The monoisotopic (exact) mass is 209 g/mol. The van der Waals surface area contributed by atoms with E-state index in [-0.39, 0.29) is 6.10 Å². The predicted octanol–water partition coefficient (Wildman–Crippen LogP) is 0.765. The van der Waals surface area contributed by atoms with Gasteiger partial charge in [-0.2, -0.15) is 5.10 Å². The van der Waals surface area contributed by atoms with Crippen molar-refractivity contribution in [2.24, 2.45) is 7.05 Å². The Kier molecular flexibility index (Phi) is 3.07. The molecule has 2 unspecified atom stereocenters. The number of aromatic nitrogens is 2. The summed E-state index contributed by atoms with van der Waals surface area (Å²) in [5, 5.41) is 13.6. The van der Waals surface area contributed by atoms with Crippen molar-refractivity contribution in [1.29, 1.82) is 0 Å². The molecule has 1 aliphatic rings. The lowest BCUT2D eigenvalue weighted by Gasteiger charge is -2.23. The van der Waals surface area contributed by atoms with Gasteiger partial charge in [-0.15, -0.1) is 0 Å². The van der Waals surface area contributed by atoms with Crippen LogP contribution in [-0.2, 0) is 13.6 Å². The highest BCUT2D eigenvalue weighted by Crippen LogP contribution is 2.24. The fourth-order valence-electron chi connectivity index (χ4n) is 2.31. The maximum atomic E-state index is 9.48. The maximum absolute atomic E-state index is 9.48. The minimum atomic E-state index is -0.0913. The molecular formula is C11H19N3O. The number of aryl methyl sites for hydroxylation is 1. The van der Waals surface area contributed by atoms with E-state index in [2.05, 4.69) is 17.0 Å². The fraction of sp³-hybridized carbons (Fsp3) is 0.727. The molecule has 0 radical (unpaired) electrons. The number of nitrogens with zero attached hydrogens (tertiary/aromatic N) is 3. The molecule has 1 aromatic heterocycles. The molecule has 2 rings (SSSR count). The van der Waals surface area contributed by atoms with E-state index in [4.69, 9.17) is 0 Å². The lowest BCUT2D eigenvalue weighted by Crippen LogP contribution is -2.29. The van der Waals surface area contributed by atoms with Gasteiger partial charge in [-0.3, -0.25) is 9.58 Å². The molecule has 4 nitrogen and oxygen atoms in total. The van der Waals surface area contributed by atoms with Gasteiger partial charge in [0.15, 0.2) is 0 Å². The first-order valence-electron chi connectivity index (χ1n) is 5.51. The summed E-state index contributed by atoms with van der Waals surface area (Å²) < 4.78 is 1.83. The fourth-order valence-corrected chi connectivity index (χ4v) is 2.31. The van der Waals surface area contributed by atoms with Crippen LogP contribution in [0.2, 0.25) is 0 Å². The average Bonchev–Trinajstić information content (AvgIpc) is 2.75. The SMILES string of the molecule is CN(Cc1cnn(C)c1)C1CCC(O)C1. The number of rotatable bonds is 3. The highest BCUT2D eigenvalue weighted by atomic mass is 16.3. The Hall–Kier alpha value is -0.870. The van der Waals surface area contributed by atoms with E-state index >= 15 is 0 Å². The van der Waals surface area contributed by atoms with Crippen molar-refractivity contribution >= 4 is 0 Å². The number of aliphatic hydroxyl groups is 1. The smallest absolute Gasteiger partial charge is 0.0555 e. The standard InChI is InChI=1S/C11H19N3O/c1-13(10-3-4-11(15)5-10)7-9-6-12-14(2)8-9/h6,8,10-11,15H,3-5,7H2,1-2H3. The molecule has 0 bridgehead atoms. The van der Waals surface area contributed by atoms with Crippen LogP contribution in [0.4, 0.5) is 0 Å². The summed E-state index contributed by atoms with van der Waals surface area (Å²) >= 11 is 0. The van der Waals surface area contributed by atoms with Crippen molar-refractivity contribution in [1.82, 2.24) is 14.7 Å². The lowest BCUT2D eigenvalue weighted by atomic mass is 10.2. The first-order valence-corrected chi connectivity index (χ1v) is 5.51. The Morgan fingerprint density at radius 3 is 2.93 bits per heavy atom. The summed E-state index contributed by atoms with van der Waals surface area (Å²) in [6.07, 6.45) is 6.83. The molecule has 0 aliphatic heterocycles. The van der Waals surface area contributed by atoms with Crippen LogP contribution in [0, 0.1) is 0 Å². The molecule has 15 heavy (non-hydrogen) atoms. The van der Waals surface area contributed by atoms with E-state index < -0.39 is 0 Å². The minimum absolute atomic E-state index is 0.0913. The Bertz CT molecular complexity index is 323. The zero-order chi connectivity index (χ0) is 10.8. The topological polar surface area (TPSA) is 41.3 Å². The molecule has 0 aromatic carbocycles. The molecule has 0 spiro atoms. The summed E-state index contributed by atoms with van der Waals surface area (Å²) in [4.78, 5) is 2.31. The molecule has 1 aliphatic carbocycles. The lowest BCUT2D eigenvalue weighted by molar-refractivity contribution is 0.161. The van der Waals surface area contributed by atoms with Gasteiger partial charge in [0.05, 0.1) is 12.3 Å². The highest BCUT2D eigenvalue weighted by molar-refractivity contribution is 5.03. The number of hydrogen-bond donors (Lipinski definition) is 1. The van der Waals surface area contributed by atoms with Gasteiger partial charge in [0, 0.05) is 31.4 Å². The molecule has 1 heterocycles. The van der Waals surface area contributed by atoms with Crippen LogP contribution in [0.5, 0.6) is 0 Å². The van der Waals surface area contributed by atoms with Crippen molar-refractivity contribution in [3.63, 3.8) is 0 Å². The van der Waals surface area contributed by atoms with E-state index in [1.54, 1.807) is 0 Å². The van der Waals surface area contributed by atoms with Crippen LogP contribution in [0.15, 0.2) is 12.4 Å². The van der Waals surface area contributed by atoms with E-state index in [1.807, 2.05) is 24.1 Å². The van der Waals surface area contributed by atoms with E-state index in [0.29, 0.717) is 6.04 Å². The zero-order valence-electron chi connectivity index (χ0n) is 9.43. The molecule has 84 valence electrons. The third-order valence-electron chi connectivity index (χ3n) is 3.19. The number of aliphatic hydroxyl groups excluding tert-OH is 1. The van der Waals surface area contributed by atoms with Gasteiger partial charge in [-0.25, -0.2) is 0 Å². The van der Waals surface area contributed by atoms with Crippen molar-refractivity contribution in [3.05, 3.63) is 18.0 Å². The molecular weight excluding hydrogens is 190 g/mol. The highest BCUT2D eigenvalue weighted by Gasteiger charge is 2.25. The van der Waals surface area contributed by atoms with Crippen molar-refractivity contribution in [2.75, 3.05) is 7.05 Å². The molecule has 1 fully saturated rings. The minimum Gasteiger partial charge on any atom is -0.393 e. The van der Waals surface area contributed by atoms with E-state index in [0.717, 1.165) is 25.8 Å². The first kappa shape index (κ1) is 10.6. The Labute approximate surface area is 90.5 Å². The molecule has 0 amide bonds. The quantitative estimate of drug-likeness (QED) is 0.799. The van der Waals surface area contributed by atoms with Crippen LogP contribution >= 0.6 is 0 Å². The maximum Gasteiger partial charge on any atom is 0.0555 e. The van der Waals surface area contributed by atoms with Crippen LogP contribution in [0.3, 0.4) is 0 Å². The van der Waals surface area contributed by atoms with Gasteiger partial charge < -0.3 is 5.11 Å². The Morgan fingerprint density at radius 1 is 1.60 bits per heavy atom. The first-order chi connectivity index (χ1) is 7.15. The third kappa shape index (κ3) is 2.58. The second kappa shape index (κ2) is 4.33. The molecule has 1 saturated carbocycles. The van der Waals surface area contributed by atoms with Gasteiger partial charge in [0.2, 0.25) is 0 Å². The summed E-state index contributed by atoms with van der Waals surface area (Å²) in [7, 11) is 4.05. The normalized spacial score (nSPS) is 26.4. The molecule has 0 saturated heterocycles. The van der Waals surface area contributed by atoms with Crippen LogP contribution in [0.1, 0.15) is 24.8 Å². The second-order valence-corrected chi connectivity index (χ2v) is 4.56. The van der Waals surface area contributed by atoms with Crippen molar-refractivity contribution in [3.8, 4) is 0 Å². The summed E-state index contributed by atoms with van der Waals surface area (Å²) in [5.41, 5.74) is 1.24. The van der Waals surface area contributed by atoms with Gasteiger partial charge >= 0.3 is 0 Å². The largest absolute Gasteiger partial charge is 0.393 e. The average molecular weight is 209 g/mol. The molecule has 1 N–H and O–H groups in total. The van der Waals surface area contributed by atoms with Crippen molar-refractivity contribution in [2.45, 2.75) is 38.0 Å². The Balaban J connectivity index is 1.89. The molecule has 2 atom stereocenters. The van der Waals surface area contributed by atoms with Crippen LogP contribution < -0.4 is 0 Å². The van der Waals surface area contributed by atoms with Crippen molar-refractivity contribution < 1.29 is 5.11 Å². The predicted molar refractivity (Wildman–Crippen MR) is 58.3 cm³/mol. The zero-order valence-corrected chi connectivity index (χ0v) is 9.43. The van der Waals surface area contributed by atoms with E-state index in [1.165, 1.54) is 5.56 Å². The second-order valence-electron chi connectivity index (χ2n) is 4.56. The molecule has 1 aromatic rings. The summed E-state index contributed by atoms with van der Waals surface area (Å²) in [6.45, 7) is 0.922. The summed E-state index contributed by atoms with van der Waals surface area (Å²) in [5.74, 6) is 0.